The average Bonchev–Trinajstić information content (AvgIpc) is 2.95. The largest absolute Gasteiger partial charge is 0.465 e. The van der Waals surface area contributed by atoms with Crippen LogP contribution in [0.2, 0.25) is 0 Å². The first-order valence-electron chi connectivity index (χ1n) is 8.37. The molecule has 1 saturated heterocycles. The van der Waals surface area contributed by atoms with Gasteiger partial charge in [0.25, 0.3) is 0 Å². The van der Waals surface area contributed by atoms with E-state index in [2.05, 4.69) is 16.3 Å². The van der Waals surface area contributed by atoms with Crippen LogP contribution in [0.25, 0.3) is 0 Å². The van der Waals surface area contributed by atoms with E-state index in [4.69, 9.17) is 9.15 Å². The zero-order chi connectivity index (χ0) is 14.5. The third kappa shape index (κ3) is 3.68. The summed E-state index contributed by atoms with van der Waals surface area (Å²) in [6, 6.07) is 4.11. The second-order valence-electron chi connectivity index (χ2n) is 6.50. The fourth-order valence-electron chi connectivity index (χ4n) is 3.85. The molecule has 1 aromatic heterocycles. The van der Waals surface area contributed by atoms with Crippen molar-refractivity contribution in [2.75, 3.05) is 32.8 Å². The molecule has 0 amide bonds. The van der Waals surface area contributed by atoms with Crippen molar-refractivity contribution < 1.29 is 9.15 Å². The van der Waals surface area contributed by atoms with E-state index in [0.717, 1.165) is 50.9 Å². The lowest BCUT2D eigenvalue weighted by Crippen LogP contribution is -2.59. The third-order valence-electron chi connectivity index (χ3n) is 5.02. The summed E-state index contributed by atoms with van der Waals surface area (Å²) in [6.07, 6.45) is 6.75. The molecule has 2 aliphatic rings. The van der Waals surface area contributed by atoms with Gasteiger partial charge in [0.1, 0.15) is 11.5 Å². The summed E-state index contributed by atoms with van der Waals surface area (Å²) in [5, 5.41) is 3.65. The summed E-state index contributed by atoms with van der Waals surface area (Å²) < 4.78 is 11.2. The Kier molecular flexibility index (Phi) is 4.99. The van der Waals surface area contributed by atoms with Crippen LogP contribution >= 0.6 is 0 Å². The Bertz CT molecular complexity index is 432. The fourth-order valence-corrected chi connectivity index (χ4v) is 3.85. The van der Waals surface area contributed by atoms with Crippen LogP contribution in [0.15, 0.2) is 16.5 Å². The first-order valence-corrected chi connectivity index (χ1v) is 8.37. The van der Waals surface area contributed by atoms with Crippen molar-refractivity contribution in [3.63, 3.8) is 0 Å². The van der Waals surface area contributed by atoms with Gasteiger partial charge in [-0.2, -0.15) is 0 Å². The number of ether oxygens (including phenoxy) is 1. The zero-order valence-electron chi connectivity index (χ0n) is 13.2. The number of morpholine rings is 1. The number of furan rings is 1. The molecule has 118 valence electrons. The second-order valence-corrected chi connectivity index (χ2v) is 6.50. The molecule has 1 aliphatic heterocycles. The first-order chi connectivity index (χ1) is 10.3. The van der Waals surface area contributed by atoms with Crippen molar-refractivity contribution in [2.45, 2.75) is 51.1 Å². The highest BCUT2D eigenvalue weighted by Gasteiger charge is 2.38. The minimum atomic E-state index is 0.337. The summed E-state index contributed by atoms with van der Waals surface area (Å²) >= 11 is 0. The Morgan fingerprint density at radius 3 is 2.57 bits per heavy atom. The van der Waals surface area contributed by atoms with Crippen molar-refractivity contribution in [1.29, 1.82) is 0 Å². The van der Waals surface area contributed by atoms with Crippen molar-refractivity contribution in [3.8, 4) is 0 Å². The van der Waals surface area contributed by atoms with Crippen molar-refractivity contribution in [3.05, 3.63) is 23.7 Å². The number of rotatable bonds is 5. The zero-order valence-corrected chi connectivity index (χ0v) is 13.2. The van der Waals surface area contributed by atoms with Gasteiger partial charge in [0.15, 0.2) is 0 Å². The van der Waals surface area contributed by atoms with E-state index in [1.165, 1.54) is 32.1 Å². The van der Waals surface area contributed by atoms with Gasteiger partial charge in [-0.1, -0.05) is 19.3 Å². The Balaban J connectivity index is 1.59. The number of nitrogens with zero attached hydrogens (tertiary/aromatic N) is 1. The Morgan fingerprint density at radius 1 is 1.14 bits per heavy atom. The van der Waals surface area contributed by atoms with Crippen LogP contribution in [-0.4, -0.2) is 43.3 Å². The van der Waals surface area contributed by atoms with Crippen LogP contribution in [0.3, 0.4) is 0 Å². The predicted octanol–water partition coefficient (Wildman–Crippen LogP) is 2.71. The highest BCUT2D eigenvalue weighted by molar-refractivity contribution is 5.05. The molecule has 1 N–H and O–H groups in total. The van der Waals surface area contributed by atoms with Crippen LogP contribution < -0.4 is 5.32 Å². The molecular formula is C17H28N2O2. The Hall–Kier alpha value is -0.840. The van der Waals surface area contributed by atoms with E-state index in [0.29, 0.717) is 5.54 Å². The van der Waals surface area contributed by atoms with Gasteiger partial charge in [0.2, 0.25) is 0 Å². The van der Waals surface area contributed by atoms with Gasteiger partial charge in [0.05, 0.1) is 19.8 Å². The summed E-state index contributed by atoms with van der Waals surface area (Å²) in [5.74, 6) is 2.03. The molecule has 1 saturated carbocycles. The van der Waals surface area contributed by atoms with E-state index in [9.17, 15) is 0 Å². The lowest BCUT2D eigenvalue weighted by atomic mass is 9.79. The molecule has 1 aromatic rings. The summed E-state index contributed by atoms with van der Waals surface area (Å²) in [6.45, 7) is 7.84. The molecule has 3 rings (SSSR count). The maximum Gasteiger partial charge on any atom is 0.117 e. The minimum absolute atomic E-state index is 0.337. The molecule has 1 aliphatic carbocycles. The van der Waals surface area contributed by atoms with Gasteiger partial charge in [-0.3, -0.25) is 4.90 Å². The summed E-state index contributed by atoms with van der Waals surface area (Å²) in [4.78, 5) is 2.68. The molecule has 0 unspecified atom stereocenters. The van der Waals surface area contributed by atoms with Gasteiger partial charge < -0.3 is 14.5 Å². The van der Waals surface area contributed by atoms with Gasteiger partial charge in [-0.05, 0) is 31.9 Å². The minimum Gasteiger partial charge on any atom is -0.465 e. The van der Waals surface area contributed by atoms with E-state index in [-0.39, 0.29) is 0 Å². The summed E-state index contributed by atoms with van der Waals surface area (Å²) in [7, 11) is 0. The quantitative estimate of drug-likeness (QED) is 0.905. The van der Waals surface area contributed by atoms with E-state index >= 15 is 0 Å². The molecule has 2 fully saturated rings. The third-order valence-corrected chi connectivity index (χ3v) is 5.02. The SMILES string of the molecule is Cc1ccc(CNCC2(N3CCOCC3)CCCCC2)o1. The van der Waals surface area contributed by atoms with Crippen molar-refractivity contribution in [2.24, 2.45) is 0 Å². The van der Waals surface area contributed by atoms with Crippen LogP contribution in [0.4, 0.5) is 0 Å². The monoisotopic (exact) mass is 292 g/mol. The van der Waals surface area contributed by atoms with Crippen LogP contribution in [0.1, 0.15) is 43.6 Å². The van der Waals surface area contributed by atoms with Crippen molar-refractivity contribution >= 4 is 0 Å². The molecule has 0 aromatic carbocycles. The van der Waals surface area contributed by atoms with Gasteiger partial charge in [-0.25, -0.2) is 0 Å². The van der Waals surface area contributed by atoms with Crippen LogP contribution in [0.5, 0.6) is 0 Å². The highest BCUT2D eigenvalue weighted by atomic mass is 16.5. The van der Waals surface area contributed by atoms with Gasteiger partial charge >= 0.3 is 0 Å². The lowest BCUT2D eigenvalue weighted by Gasteiger charge is -2.48. The van der Waals surface area contributed by atoms with E-state index in [1.54, 1.807) is 0 Å². The number of hydrogen-bond donors (Lipinski definition) is 1. The van der Waals surface area contributed by atoms with Crippen LogP contribution in [0, 0.1) is 6.92 Å². The standard InChI is InChI=1S/C17H28N2O2/c1-15-5-6-16(21-15)13-18-14-17(7-3-2-4-8-17)19-9-11-20-12-10-19/h5-6,18H,2-4,7-14H2,1H3. The lowest BCUT2D eigenvalue weighted by molar-refractivity contribution is -0.0370. The fraction of sp³-hybridized carbons (Fsp3) is 0.765. The Labute approximate surface area is 127 Å². The van der Waals surface area contributed by atoms with Crippen molar-refractivity contribution in [1.82, 2.24) is 10.2 Å². The maximum atomic E-state index is 5.66. The maximum absolute atomic E-state index is 5.66. The van der Waals surface area contributed by atoms with Gasteiger partial charge in [-0.15, -0.1) is 0 Å². The molecular weight excluding hydrogens is 264 g/mol. The van der Waals surface area contributed by atoms with E-state index in [1.807, 2.05) is 13.0 Å². The Morgan fingerprint density at radius 2 is 1.90 bits per heavy atom. The summed E-state index contributed by atoms with van der Waals surface area (Å²) in [5.41, 5.74) is 0.337. The van der Waals surface area contributed by atoms with Gasteiger partial charge in [0, 0.05) is 25.2 Å². The topological polar surface area (TPSA) is 37.6 Å². The van der Waals surface area contributed by atoms with E-state index < -0.39 is 0 Å². The molecule has 21 heavy (non-hydrogen) atoms. The average molecular weight is 292 g/mol. The molecule has 2 heterocycles. The highest BCUT2D eigenvalue weighted by Crippen LogP contribution is 2.33. The first kappa shape index (κ1) is 15.1. The number of nitrogens with one attached hydrogen (secondary N) is 1. The molecule has 0 atom stereocenters. The molecule has 0 spiro atoms. The molecule has 4 nitrogen and oxygen atoms in total. The van der Waals surface area contributed by atoms with Crippen LogP contribution in [-0.2, 0) is 11.3 Å². The predicted molar refractivity (Wildman–Crippen MR) is 83.4 cm³/mol. The molecule has 0 radical (unpaired) electrons. The molecule has 0 bridgehead atoms. The number of hydrogen-bond acceptors (Lipinski definition) is 4. The smallest absolute Gasteiger partial charge is 0.117 e. The molecule has 4 heteroatoms. The normalized spacial score (nSPS) is 23.3. The second kappa shape index (κ2) is 6.95. The number of aryl methyl sites for hydroxylation is 1.